The molecule has 10 heteroatoms. The number of aryl methyl sites for hydroxylation is 1. The summed E-state index contributed by atoms with van der Waals surface area (Å²) >= 11 is 3.41. The fraction of sp³-hybridized carbons (Fsp3) is 0.310. The lowest BCUT2D eigenvalue weighted by atomic mass is 10.0. The van der Waals surface area contributed by atoms with E-state index in [0.717, 1.165) is 26.2 Å². The highest BCUT2D eigenvalue weighted by Crippen LogP contribution is 2.25. The number of benzene rings is 3. The largest absolute Gasteiger partial charge is 0.352 e. The molecular weight excluding hydrogens is 585 g/mol. The summed E-state index contributed by atoms with van der Waals surface area (Å²) in [6.07, 6.45) is 1.18. The first kappa shape index (κ1) is 30.3. The minimum Gasteiger partial charge on any atom is -0.352 e. The van der Waals surface area contributed by atoms with Crippen molar-refractivity contribution in [2.75, 3.05) is 17.1 Å². The van der Waals surface area contributed by atoms with Crippen molar-refractivity contribution < 1.29 is 22.4 Å². The summed E-state index contributed by atoms with van der Waals surface area (Å²) in [7, 11) is -3.89. The van der Waals surface area contributed by atoms with Gasteiger partial charge in [0.25, 0.3) is 0 Å². The predicted molar refractivity (Wildman–Crippen MR) is 155 cm³/mol. The van der Waals surface area contributed by atoms with Crippen LogP contribution in [0.15, 0.2) is 77.3 Å². The van der Waals surface area contributed by atoms with E-state index in [1.807, 2.05) is 51.1 Å². The molecule has 1 N–H and O–H groups in total. The molecule has 0 spiro atoms. The summed E-state index contributed by atoms with van der Waals surface area (Å²) in [4.78, 5) is 28.7. The van der Waals surface area contributed by atoms with Crippen LogP contribution in [0.5, 0.6) is 0 Å². The van der Waals surface area contributed by atoms with Gasteiger partial charge in [0.2, 0.25) is 21.8 Å². The molecule has 0 aliphatic carbocycles. The van der Waals surface area contributed by atoms with E-state index in [9.17, 15) is 22.4 Å². The normalized spacial score (nSPS) is 12.2. The molecule has 0 radical (unpaired) electrons. The Morgan fingerprint density at radius 3 is 2.23 bits per heavy atom. The van der Waals surface area contributed by atoms with Crippen LogP contribution in [0.4, 0.5) is 10.1 Å². The lowest BCUT2D eigenvalue weighted by molar-refractivity contribution is -0.140. The van der Waals surface area contributed by atoms with Gasteiger partial charge in [0.05, 0.1) is 11.9 Å². The highest BCUT2D eigenvalue weighted by atomic mass is 79.9. The van der Waals surface area contributed by atoms with E-state index >= 15 is 0 Å². The number of nitrogens with one attached hydrogen (secondary N) is 1. The first-order valence-corrected chi connectivity index (χ1v) is 15.1. The van der Waals surface area contributed by atoms with Crippen LogP contribution in [-0.4, -0.2) is 50.0 Å². The van der Waals surface area contributed by atoms with E-state index in [1.165, 1.54) is 11.0 Å². The molecular formula is C29H33BrFN3O4S. The van der Waals surface area contributed by atoms with Crippen molar-refractivity contribution in [2.45, 2.75) is 45.8 Å². The highest BCUT2D eigenvalue weighted by molar-refractivity contribution is 9.10. The summed E-state index contributed by atoms with van der Waals surface area (Å²) in [5.74, 6) is -1.57. The van der Waals surface area contributed by atoms with E-state index in [1.54, 1.807) is 36.4 Å². The fourth-order valence-electron chi connectivity index (χ4n) is 4.14. The van der Waals surface area contributed by atoms with Crippen LogP contribution in [0.2, 0.25) is 0 Å². The summed E-state index contributed by atoms with van der Waals surface area (Å²) < 4.78 is 42.2. The monoisotopic (exact) mass is 617 g/mol. The quantitative estimate of drug-likeness (QED) is 0.334. The molecule has 1 atom stereocenters. The molecule has 0 aliphatic rings. The molecule has 3 rings (SSSR count). The number of hydrogen-bond donors (Lipinski definition) is 1. The van der Waals surface area contributed by atoms with Crippen molar-refractivity contribution >= 4 is 43.5 Å². The average molecular weight is 619 g/mol. The molecule has 0 aliphatic heterocycles. The van der Waals surface area contributed by atoms with Crippen molar-refractivity contribution in [3.63, 3.8) is 0 Å². The number of anilines is 1. The maximum absolute atomic E-state index is 14.8. The number of carbonyl (C=O) groups excluding carboxylic acids is 2. The summed E-state index contributed by atoms with van der Waals surface area (Å²) in [5, 5.41) is 2.86. The second-order valence-electron chi connectivity index (χ2n) is 9.68. The lowest BCUT2D eigenvalue weighted by Gasteiger charge is -2.34. The summed E-state index contributed by atoms with van der Waals surface area (Å²) in [6, 6.07) is 18.9. The van der Waals surface area contributed by atoms with Crippen LogP contribution in [0, 0.1) is 12.7 Å². The molecule has 3 aromatic carbocycles. The first-order chi connectivity index (χ1) is 18.4. The smallest absolute Gasteiger partial charge is 0.244 e. The minimum atomic E-state index is -3.89. The Labute approximate surface area is 238 Å². The molecule has 0 saturated heterocycles. The predicted octanol–water partition coefficient (Wildman–Crippen LogP) is 4.83. The molecule has 0 aromatic heterocycles. The number of halogens is 2. The van der Waals surface area contributed by atoms with E-state index in [-0.39, 0.29) is 24.6 Å². The highest BCUT2D eigenvalue weighted by Gasteiger charge is 2.33. The van der Waals surface area contributed by atoms with E-state index in [4.69, 9.17) is 0 Å². The van der Waals surface area contributed by atoms with Crippen LogP contribution in [0.1, 0.15) is 30.5 Å². The van der Waals surface area contributed by atoms with Gasteiger partial charge in [-0.1, -0.05) is 64.5 Å². The van der Waals surface area contributed by atoms with Gasteiger partial charge in [0.1, 0.15) is 18.4 Å². The maximum Gasteiger partial charge on any atom is 0.244 e. The van der Waals surface area contributed by atoms with Gasteiger partial charge in [-0.2, -0.15) is 0 Å². The molecule has 0 bridgehead atoms. The number of rotatable bonds is 11. The first-order valence-electron chi connectivity index (χ1n) is 12.5. The molecule has 0 heterocycles. The zero-order valence-corrected chi connectivity index (χ0v) is 24.8. The van der Waals surface area contributed by atoms with Gasteiger partial charge in [-0.05, 0) is 56.2 Å². The maximum atomic E-state index is 14.8. The molecule has 39 heavy (non-hydrogen) atoms. The van der Waals surface area contributed by atoms with E-state index < -0.39 is 40.2 Å². The van der Waals surface area contributed by atoms with Crippen molar-refractivity contribution in [2.24, 2.45) is 0 Å². The number of carbonyl (C=O) groups is 2. The SMILES string of the molecule is Cc1cc(N(CC(=O)N(Cc2ccccc2F)[C@H](Cc2ccccc2)C(=O)NC(C)C)S(C)(=O)=O)ccc1Br. The van der Waals surface area contributed by atoms with Gasteiger partial charge in [0.15, 0.2) is 0 Å². The van der Waals surface area contributed by atoms with E-state index in [2.05, 4.69) is 21.2 Å². The second kappa shape index (κ2) is 13.2. The third kappa shape index (κ3) is 8.37. The minimum absolute atomic E-state index is 0.163. The molecule has 0 fully saturated rings. The molecule has 7 nitrogen and oxygen atoms in total. The van der Waals surface area contributed by atoms with Gasteiger partial charge in [-0.15, -0.1) is 0 Å². The van der Waals surface area contributed by atoms with Crippen LogP contribution < -0.4 is 9.62 Å². The third-order valence-electron chi connectivity index (χ3n) is 6.11. The molecule has 2 amide bonds. The number of sulfonamides is 1. The van der Waals surface area contributed by atoms with E-state index in [0.29, 0.717) is 5.69 Å². The van der Waals surface area contributed by atoms with Crippen molar-refractivity contribution in [3.05, 3.63) is 99.8 Å². The molecule has 0 saturated carbocycles. The topological polar surface area (TPSA) is 86.8 Å². The standard InChI is InChI=1S/C29H33BrFN3O4S/c1-20(2)32-29(36)27(17-22-10-6-5-7-11-22)33(18-23-12-8-9-13-26(23)31)28(35)19-34(39(4,37)38)24-14-15-25(30)21(3)16-24/h5-16,20,27H,17-19H2,1-4H3,(H,32,36)/t27-/m1/s1. The third-order valence-corrected chi connectivity index (χ3v) is 8.14. The van der Waals surface area contributed by atoms with Gasteiger partial charge in [-0.3, -0.25) is 13.9 Å². The summed E-state index contributed by atoms with van der Waals surface area (Å²) in [6.45, 7) is 4.65. The lowest BCUT2D eigenvalue weighted by Crippen LogP contribution is -2.54. The van der Waals surface area contributed by atoms with Gasteiger partial charge in [0, 0.05) is 29.0 Å². The average Bonchev–Trinajstić information content (AvgIpc) is 2.87. The second-order valence-corrected chi connectivity index (χ2v) is 12.4. The van der Waals surface area contributed by atoms with Gasteiger partial charge in [-0.25, -0.2) is 12.8 Å². The van der Waals surface area contributed by atoms with Crippen molar-refractivity contribution in [1.29, 1.82) is 0 Å². The zero-order chi connectivity index (χ0) is 28.7. The number of nitrogens with zero attached hydrogens (tertiary/aromatic N) is 2. The fourth-order valence-corrected chi connectivity index (χ4v) is 5.23. The Balaban J connectivity index is 2.08. The van der Waals surface area contributed by atoms with Crippen molar-refractivity contribution in [3.8, 4) is 0 Å². The van der Waals surface area contributed by atoms with Crippen LogP contribution in [0.25, 0.3) is 0 Å². The Morgan fingerprint density at radius 2 is 1.64 bits per heavy atom. The van der Waals surface area contributed by atoms with Crippen LogP contribution in [0.3, 0.4) is 0 Å². The Morgan fingerprint density at radius 1 is 1.00 bits per heavy atom. The van der Waals surface area contributed by atoms with Crippen LogP contribution in [-0.2, 0) is 32.6 Å². The zero-order valence-electron chi connectivity index (χ0n) is 22.4. The van der Waals surface area contributed by atoms with Crippen LogP contribution >= 0.6 is 15.9 Å². The number of hydrogen-bond acceptors (Lipinski definition) is 4. The molecule has 0 unspecified atom stereocenters. The van der Waals surface area contributed by atoms with Gasteiger partial charge >= 0.3 is 0 Å². The Bertz CT molecular complexity index is 1420. The Hall–Kier alpha value is -3.24. The summed E-state index contributed by atoms with van der Waals surface area (Å²) in [5.41, 5.74) is 2.11. The molecule has 208 valence electrons. The van der Waals surface area contributed by atoms with Gasteiger partial charge < -0.3 is 10.2 Å². The van der Waals surface area contributed by atoms with Crippen molar-refractivity contribution in [1.82, 2.24) is 10.2 Å². The number of amides is 2. The molecule has 3 aromatic rings. The Kier molecular flexibility index (Phi) is 10.3.